The summed E-state index contributed by atoms with van der Waals surface area (Å²) in [6.07, 6.45) is 4.19. The minimum atomic E-state index is -0.468. The van der Waals surface area contributed by atoms with Crippen molar-refractivity contribution in [3.63, 3.8) is 0 Å². The zero-order chi connectivity index (χ0) is 15.4. The third-order valence-electron chi connectivity index (χ3n) is 3.95. The number of hydrogen-bond donors (Lipinski definition) is 2. The average molecular weight is 309 g/mol. The van der Waals surface area contributed by atoms with Crippen LogP contribution in [-0.4, -0.2) is 17.9 Å². The summed E-state index contributed by atoms with van der Waals surface area (Å²) in [5.74, 6) is -0.129. The van der Waals surface area contributed by atoms with Gasteiger partial charge in [-0.15, -0.1) is 0 Å². The lowest BCUT2D eigenvalue weighted by Crippen LogP contribution is -2.47. The third-order valence-corrected chi connectivity index (χ3v) is 4.36. The summed E-state index contributed by atoms with van der Waals surface area (Å²) in [5, 5.41) is 6.25. The van der Waals surface area contributed by atoms with Gasteiger partial charge in [-0.3, -0.25) is 9.59 Å². The molecule has 21 heavy (non-hydrogen) atoms. The molecule has 0 bridgehead atoms. The molecule has 5 heteroatoms. The van der Waals surface area contributed by atoms with Crippen LogP contribution in [-0.2, 0) is 9.59 Å². The van der Waals surface area contributed by atoms with Gasteiger partial charge in [0.15, 0.2) is 0 Å². The van der Waals surface area contributed by atoms with Crippen LogP contribution in [0.15, 0.2) is 18.2 Å². The number of benzene rings is 1. The van der Waals surface area contributed by atoms with Crippen molar-refractivity contribution in [1.82, 2.24) is 5.32 Å². The Morgan fingerprint density at radius 2 is 1.95 bits per heavy atom. The molecule has 4 nitrogen and oxygen atoms in total. The number of hydrogen-bond acceptors (Lipinski definition) is 2. The first-order valence-electron chi connectivity index (χ1n) is 7.31. The standard InChI is InChI=1S/C16H21ClN2O2/c1-10-7-8-13(9-14(10)17)19-16(21)15(18-11(2)20)12-5-3-4-6-12/h7-9,12,15H,3-6H2,1-2H3,(H,18,20)(H,19,21). The summed E-state index contributed by atoms with van der Waals surface area (Å²) in [6.45, 7) is 3.35. The van der Waals surface area contributed by atoms with E-state index in [0.29, 0.717) is 10.7 Å². The van der Waals surface area contributed by atoms with Crippen molar-refractivity contribution in [3.05, 3.63) is 28.8 Å². The number of nitrogens with one attached hydrogen (secondary N) is 2. The van der Waals surface area contributed by atoms with Crippen LogP contribution in [0.5, 0.6) is 0 Å². The van der Waals surface area contributed by atoms with Gasteiger partial charge in [-0.1, -0.05) is 30.5 Å². The van der Waals surface area contributed by atoms with Crippen LogP contribution in [0.2, 0.25) is 5.02 Å². The fraction of sp³-hybridized carbons (Fsp3) is 0.500. The first-order chi connectivity index (χ1) is 9.97. The van der Waals surface area contributed by atoms with E-state index in [-0.39, 0.29) is 17.7 Å². The molecule has 0 saturated heterocycles. The van der Waals surface area contributed by atoms with E-state index in [9.17, 15) is 9.59 Å². The smallest absolute Gasteiger partial charge is 0.247 e. The number of rotatable bonds is 4. The lowest BCUT2D eigenvalue weighted by molar-refractivity contribution is -0.126. The van der Waals surface area contributed by atoms with Crippen LogP contribution < -0.4 is 10.6 Å². The van der Waals surface area contributed by atoms with E-state index in [4.69, 9.17) is 11.6 Å². The molecule has 2 rings (SSSR count). The van der Waals surface area contributed by atoms with E-state index < -0.39 is 6.04 Å². The predicted molar refractivity (Wildman–Crippen MR) is 84.4 cm³/mol. The molecule has 0 spiro atoms. The Bertz CT molecular complexity index is 539. The summed E-state index contributed by atoms with van der Waals surface area (Å²) in [5.41, 5.74) is 1.62. The van der Waals surface area contributed by atoms with Gasteiger partial charge in [-0.2, -0.15) is 0 Å². The fourth-order valence-electron chi connectivity index (χ4n) is 2.80. The quantitative estimate of drug-likeness (QED) is 0.896. The van der Waals surface area contributed by atoms with Crippen LogP contribution in [0.25, 0.3) is 0 Å². The molecule has 2 amide bonds. The highest BCUT2D eigenvalue weighted by molar-refractivity contribution is 6.31. The van der Waals surface area contributed by atoms with Crippen molar-refractivity contribution < 1.29 is 9.59 Å². The average Bonchev–Trinajstić information content (AvgIpc) is 2.93. The fourth-order valence-corrected chi connectivity index (χ4v) is 2.98. The molecule has 1 saturated carbocycles. The second-order valence-electron chi connectivity index (χ2n) is 5.68. The van der Waals surface area contributed by atoms with Gasteiger partial charge in [-0.25, -0.2) is 0 Å². The number of aryl methyl sites for hydroxylation is 1. The molecule has 1 atom stereocenters. The van der Waals surface area contributed by atoms with Gasteiger partial charge < -0.3 is 10.6 Å². The van der Waals surface area contributed by atoms with Gasteiger partial charge in [0.1, 0.15) is 6.04 Å². The van der Waals surface area contributed by atoms with Crippen LogP contribution >= 0.6 is 11.6 Å². The van der Waals surface area contributed by atoms with Crippen molar-refractivity contribution in [2.45, 2.75) is 45.6 Å². The van der Waals surface area contributed by atoms with Gasteiger partial charge in [0, 0.05) is 17.6 Å². The minimum Gasteiger partial charge on any atom is -0.344 e. The number of amides is 2. The molecule has 0 heterocycles. The molecule has 1 aliphatic carbocycles. The van der Waals surface area contributed by atoms with Crippen molar-refractivity contribution >= 4 is 29.1 Å². The maximum atomic E-state index is 12.5. The molecular weight excluding hydrogens is 288 g/mol. The second-order valence-corrected chi connectivity index (χ2v) is 6.08. The van der Waals surface area contributed by atoms with Crippen molar-refractivity contribution in [2.24, 2.45) is 5.92 Å². The minimum absolute atomic E-state index is 0.169. The van der Waals surface area contributed by atoms with E-state index in [1.54, 1.807) is 6.07 Å². The maximum Gasteiger partial charge on any atom is 0.247 e. The number of halogens is 1. The Hall–Kier alpha value is -1.55. The number of carbonyl (C=O) groups excluding carboxylic acids is 2. The highest BCUT2D eigenvalue weighted by Crippen LogP contribution is 2.28. The zero-order valence-electron chi connectivity index (χ0n) is 12.4. The highest BCUT2D eigenvalue weighted by atomic mass is 35.5. The Kier molecular flexibility index (Phi) is 5.23. The van der Waals surface area contributed by atoms with E-state index >= 15 is 0 Å². The largest absolute Gasteiger partial charge is 0.344 e. The number of anilines is 1. The molecule has 0 radical (unpaired) electrons. The summed E-state index contributed by atoms with van der Waals surface area (Å²) in [4.78, 5) is 23.8. The van der Waals surface area contributed by atoms with Crippen molar-refractivity contribution in [3.8, 4) is 0 Å². The highest BCUT2D eigenvalue weighted by Gasteiger charge is 2.31. The molecule has 2 N–H and O–H groups in total. The lowest BCUT2D eigenvalue weighted by atomic mass is 9.97. The lowest BCUT2D eigenvalue weighted by Gasteiger charge is -2.23. The van der Waals surface area contributed by atoms with Crippen LogP contribution in [0.1, 0.15) is 38.2 Å². The first-order valence-corrected chi connectivity index (χ1v) is 7.69. The van der Waals surface area contributed by atoms with E-state index in [1.165, 1.54) is 6.92 Å². The molecule has 114 valence electrons. The molecule has 1 fully saturated rings. The van der Waals surface area contributed by atoms with E-state index in [1.807, 2.05) is 19.1 Å². The zero-order valence-corrected chi connectivity index (χ0v) is 13.2. The Balaban J connectivity index is 2.09. The second kappa shape index (κ2) is 6.94. The maximum absolute atomic E-state index is 12.5. The SMILES string of the molecule is CC(=O)NC(C(=O)Nc1ccc(C)c(Cl)c1)C1CCCC1. The van der Waals surface area contributed by atoms with Gasteiger partial charge in [0.05, 0.1) is 0 Å². The molecule has 0 aromatic heterocycles. The molecule has 1 aromatic carbocycles. The molecule has 1 unspecified atom stereocenters. The normalized spacial score (nSPS) is 16.5. The molecule has 1 aliphatic rings. The Labute approximate surface area is 130 Å². The number of carbonyl (C=O) groups is 2. The summed E-state index contributed by atoms with van der Waals surface area (Å²) in [7, 11) is 0. The third kappa shape index (κ3) is 4.21. The monoisotopic (exact) mass is 308 g/mol. The van der Waals surface area contributed by atoms with E-state index in [0.717, 1.165) is 31.2 Å². The summed E-state index contributed by atoms with van der Waals surface area (Å²) in [6, 6.07) is 4.94. The topological polar surface area (TPSA) is 58.2 Å². The molecular formula is C16H21ClN2O2. The Morgan fingerprint density at radius 1 is 1.29 bits per heavy atom. The van der Waals surface area contributed by atoms with Crippen LogP contribution in [0, 0.1) is 12.8 Å². The van der Waals surface area contributed by atoms with Crippen LogP contribution in [0.3, 0.4) is 0 Å². The predicted octanol–water partition coefficient (Wildman–Crippen LogP) is 3.28. The van der Waals surface area contributed by atoms with Gasteiger partial charge in [-0.05, 0) is 43.4 Å². The van der Waals surface area contributed by atoms with Crippen LogP contribution in [0.4, 0.5) is 5.69 Å². The van der Waals surface area contributed by atoms with E-state index in [2.05, 4.69) is 10.6 Å². The van der Waals surface area contributed by atoms with Crippen molar-refractivity contribution in [1.29, 1.82) is 0 Å². The summed E-state index contributed by atoms with van der Waals surface area (Å²) < 4.78 is 0. The van der Waals surface area contributed by atoms with Gasteiger partial charge in [0.25, 0.3) is 0 Å². The summed E-state index contributed by atoms with van der Waals surface area (Å²) >= 11 is 6.07. The van der Waals surface area contributed by atoms with Crippen molar-refractivity contribution in [2.75, 3.05) is 5.32 Å². The molecule has 1 aromatic rings. The Morgan fingerprint density at radius 3 is 2.52 bits per heavy atom. The van der Waals surface area contributed by atoms with Gasteiger partial charge >= 0.3 is 0 Å². The van der Waals surface area contributed by atoms with Gasteiger partial charge in [0.2, 0.25) is 11.8 Å². The first kappa shape index (κ1) is 15.8. The molecule has 0 aliphatic heterocycles.